The zero-order valence-electron chi connectivity index (χ0n) is 10.7. The molecule has 0 saturated carbocycles. The van der Waals surface area contributed by atoms with Crippen LogP contribution >= 0.6 is 11.3 Å². The summed E-state index contributed by atoms with van der Waals surface area (Å²) in [6.45, 7) is 3.61. The van der Waals surface area contributed by atoms with Crippen LogP contribution in [0.3, 0.4) is 0 Å². The van der Waals surface area contributed by atoms with Gasteiger partial charge < -0.3 is 5.32 Å². The fraction of sp³-hybridized carbons (Fsp3) is 0.286. The van der Waals surface area contributed by atoms with E-state index in [0.29, 0.717) is 5.13 Å². The highest BCUT2D eigenvalue weighted by Gasteiger charge is 2.27. The van der Waals surface area contributed by atoms with Crippen molar-refractivity contribution in [3.63, 3.8) is 0 Å². The Balaban J connectivity index is 1.66. The lowest BCUT2D eigenvalue weighted by Gasteiger charge is -2.22. The summed E-state index contributed by atoms with van der Waals surface area (Å²) in [4.78, 5) is 18.4. The van der Waals surface area contributed by atoms with E-state index >= 15 is 0 Å². The number of nitrogens with one attached hydrogen (secondary N) is 1. The first-order chi connectivity index (χ1) is 9.24. The fourth-order valence-electron chi connectivity index (χ4n) is 2.29. The van der Waals surface area contributed by atoms with Crippen LogP contribution in [0, 0.1) is 0 Å². The molecule has 1 unspecified atom stereocenters. The van der Waals surface area contributed by atoms with Crippen molar-refractivity contribution in [3.8, 4) is 0 Å². The number of fused-ring (bicyclic) bond motifs is 1. The molecule has 1 aliphatic rings. The number of anilines is 1. The standard InChI is InChI=1S/C14H15N3OS/c1-10(13(18)16-14-15-6-7-19-14)17-8-11-4-2-3-5-12(11)9-17/h2-7,10H,8-9H2,1H3,(H,15,16,18). The molecule has 0 radical (unpaired) electrons. The topological polar surface area (TPSA) is 45.2 Å². The highest BCUT2D eigenvalue weighted by molar-refractivity contribution is 7.13. The number of aromatic nitrogens is 1. The highest BCUT2D eigenvalue weighted by Crippen LogP contribution is 2.24. The summed E-state index contributed by atoms with van der Waals surface area (Å²) in [6, 6.07) is 8.18. The van der Waals surface area contributed by atoms with E-state index in [1.807, 2.05) is 24.4 Å². The largest absolute Gasteiger partial charge is 0.301 e. The van der Waals surface area contributed by atoms with Crippen molar-refractivity contribution >= 4 is 22.4 Å². The van der Waals surface area contributed by atoms with Crippen LogP contribution in [0.15, 0.2) is 35.8 Å². The Hall–Kier alpha value is -1.72. The highest BCUT2D eigenvalue weighted by atomic mass is 32.1. The second-order valence-corrected chi connectivity index (χ2v) is 5.57. The molecule has 0 fully saturated rings. The summed E-state index contributed by atoms with van der Waals surface area (Å²) in [5.41, 5.74) is 2.63. The van der Waals surface area contributed by atoms with Gasteiger partial charge in [-0.25, -0.2) is 4.98 Å². The van der Waals surface area contributed by atoms with Crippen LogP contribution in [0.2, 0.25) is 0 Å². The number of rotatable bonds is 3. The van der Waals surface area contributed by atoms with E-state index in [9.17, 15) is 4.79 Å². The number of carbonyl (C=O) groups is 1. The van der Waals surface area contributed by atoms with Crippen LogP contribution in [-0.4, -0.2) is 21.8 Å². The molecule has 1 N–H and O–H groups in total. The summed E-state index contributed by atoms with van der Waals surface area (Å²) in [5, 5.41) is 5.37. The Morgan fingerprint density at radius 3 is 2.63 bits per heavy atom. The second kappa shape index (κ2) is 5.11. The molecule has 1 aromatic carbocycles. The smallest absolute Gasteiger partial charge is 0.243 e. The molecule has 0 bridgehead atoms. The summed E-state index contributed by atoms with van der Waals surface area (Å²) in [5.74, 6) is 0.00255. The van der Waals surface area contributed by atoms with Gasteiger partial charge in [-0.15, -0.1) is 11.3 Å². The van der Waals surface area contributed by atoms with E-state index in [4.69, 9.17) is 0 Å². The van der Waals surface area contributed by atoms with Crippen LogP contribution < -0.4 is 5.32 Å². The minimum absolute atomic E-state index is 0.00255. The lowest BCUT2D eigenvalue weighted by atomic mass is 10.1. The zero-order chi connectivity index (χ0) is 13.2. The van der Waals surface area contributed by atoms with Crippen LogP contribution in [-0.2, 0) is 17.9 Å². The molecule has 3 rings (SSSR count). The minimum atomic E-state index is -0.156. The van der Waals surface area contributed by atoms with Gasteiger partial charge in [0.15, 0.2) is 5.13 Å². The quantitative estimate of drug-likeness (QED) is 0.934. The van der Waals surface area contributed by atoms with E-state index in [1.54, 1.807) is 6.20 Å². The Morgan fingerprint density at radius 1 is 1.37 bits per heavy atom. The number of carbonyl (C=O) groups excluding carboxylic acids is 1. The molecule has 1 aliphatic heterocycles. The number of hydrogen-bond donors (Lipinski definition) is 1. The predicted octanol–water partition coefficient (Wildman–Crippen LogP) is 2.49. The van der Waals surface area contributed by atoms with Gasteiger partial charge in [-0.3, -0.25) is 9.69 Å². The van der Waals surface area contributed by atoms with Gasteiger partial charge in [-0.2, -0.15) is 0 Å². The fourth-order valence-corrected chi connectivity index (χ4v) is 2.83. The Kier molecular flexibility index (Phi) is 3.31. The number of benzene rings is 1. The lowest BCUT2D eigenvalue weighted by Crippen LogP contribution is -2.38. The molecule has 0 saturated heterocycles. The van der Waals surface area contributed by atoms with Crippen LogP contribution in [0.4, 0.5) is 5.13 Å². The predicted molar refractivity (Wildman–Crippen MR) is 75.9 cm³/mol. The minimum Gasteiger partial charge on any atom is -0.301 e. The van der Waals surface area contributed by atoms with E-state index in [1.165, 1.54) is 22.5 Å². The molecule has 2 aromatic rings. The van der Waals surface area contributed by atoms with Crippen molar-refractivity contribution in [2.45, 2.75) is 26.1 Å². The first-order valence-corrected chi connectivity index (χ1v) is 7.13. The van der Waals surface area contributed by atoms with Gasteiger partial charge in [0.05, 0.1) is 6.04 Å². The molecule has 2 heterocycles. The van der Waals surface area contributed by atoms with Gasteiger partial charge in [0.2, 0.25) is 5.91 Å². The number of nitrogens with zero attached hydrogens (tertiary/aromatic N) is 2. The third-order valence-electron chi connectivity index (χ3n) is 3.45. The van der Waals surface area contributed by atoms with E-state index in [2.05, 4.69) is 27.3 Å². The van der Waals surface area contributed by atoms with Crippen molar-refractivity contribution in [1.29, 1.82) is 0 Å². The third-order valence-corrected chi connectivity index (χ3v) is 4.14. The summed E-state index contributed by atoms with van der Waals surface area (Å²) < 4.78 is 0. The first kappa shape index (κ1) is 12.3. The average Bonchev–Trinajstić information content (AvgIpc) is 3.05. The maximum Gasteiger partial charge on any atom is 0.243 e. The van der Waals surface area contributed by atoms with Gasteiger partial charge in [0, 0.05) is 24.7 Å². The van der Waals surface area contributed by atoms with Gasteiger partial charge in [0.25, 0.3) is 0 Å². The van der Waals surface area contributed by atoms with E-state index < -0.39 is 0 Å². The monoisotopic (exact) mass is 273 g/mol. The van der Waals surface area contributed by atoms with Crippen molar-refractivity contribution in [1.82, 2.24) is 9.88 Å². The summed E-state index contributed by atoms with van der Waals surface area (Å²) in [7, 11) is 0. The molecule has 0 spiro atoms. The maximum atomic E-state index is 12.2. The molecule has 0 aliphatic carbocycles. The first-order valence-electron chi connectivity index (χ1n) is 6.25. The molecule has 4 nitrogen and oxygen atoms in total. The van der Waals surface area contributed by atoms with Crippen molar-refractivity contribution in [2.75, 3.05) is 5.32 Å². The van der Waals surface area contributed by atoms with Crippen molar-refractivity contribution < 1.29 is 4.79 Å². The average molecular weight is 273 g/mol. The third kappa shape index (κ3) is 2.52. The van der Waals surface area contributed by atoms with E-state index in [0.717, 1.165) is 13.1 Å². The SMILES string of the molecule is CC(C(=O)Nc1nccs1)N1Cc2ccccc2C1. The maximum absolute atomic E-state index is 12.2. The number of amides is 1. The molecule has 19 heavy (non-hydrogen) atoms. The van der Waals surface area contributed by atoms with Crippen LogP contribution in [0.25, 0.3) is 0 Å². The normalized spacial score (nSPS) is 16.1. The second-order valence-electron chi connectivity index (χ2n) is 4.68. The Morgan fingerprint density at radius 2 is 2.05 bits per heavy atom. The van der Waals surface area contributed by atoms with Gasteiger partial charge in [-0.05, 0) is 18.1 Å². The van der Waals surface area contributed by atoms with Gasteiger partial charge in [0.1, 0.15) is 0 Å². The molecule has 1 aromatic heterocycles. The molecule has 98 valence electrons. The molecular formula is C14H15N3OS. The summed E-state index contributed by atoms with van der Waals surface area (Å²) >= 11 is 1.44. The lowest BCUT2D eigenvalue weighted by molar-refractivity contribution is -0.120. The van der Waals surface area contributed by atoms with Crippen molar-refractivity contribution in [3.05, 3.63) is 47.0 Å². The van der Waals surface area contributed by atoms with Crippen molar-refractivity contribution in [2.24, 2.45) is 0 Å². The molecule has 5 heteroatoms. The van der Waals surface area contributed by atoms with Gasteiger partial charge >= 0.3 is 0 Å². The summed E-state index contributed by atoms with van der Waals surface area (Å²) in [6.07, 6.45) is 1.69. The molecular weight excluding hydrogens is 258 g/mol. The van der Waals surface area contributed by atoms with Gasteiger partial charge in [-0.1, -0.05) is 24.3 Å². The van der Waals surface area contributed by atoms with Crippen LogP contribution in [0.1, 0.15) is 18.1 Å². The molecule has 1 amide bonds. The zero-order valence-corrected chi connectivity index (χ0v) is 11.5. The Bertz CT molecular complexity index is 557. The number of hydrogen-bond acceptors (Lipinski definition) is 4. The Labute approximate surface area is 116 Å². The number of thiazole rings is 1. The molecule has 1 atom stereocenters. The van der Waals surface area contributed by atoms with E-state index in [-0.39, 0.29) is 11.9 Å². The van der Waals surface area contributed by atoms with Crippen LogP contribution in [0.5, 0.6) is 0 Å².